The number of amides is 1. The Kier molecular flexibility index (Phi) is 5.99. The highest BCUT2D eigenvalue weighted by Gasteiger charge is 2.14. The molecule has 0 aliphatic carbocycles. The number of rotatable bonds is 7. The van der Waals surface area contributed by atoms with Gasteiger partial charge in [-0.1, -0.05) is 25.1 Å². The lowest BCUT2D eigenvalue weighted by molar-refractivity contribution is -0.137. The summed E-state index contributed by atoms with van der Waals surface area (Å²) in [5, 5.41) is 11.1. The summed E-state index contributed by atoms with van der Waals surface area (Å²) in [6.07, 6.45) is 0.617. The third-order valence-electron chi connectivity index (χ3n) is 2.82. The summed E-state index contributed by atoms with van der Waals surface area (Å²) in [4.78, 5) is 21.9. The lowest BCUT2D eigenvalue weighted by Crippen LogP contribution is -2.26. The summed E-state index contributed by atoms with van der Waals surface area (Å²) in [6, 6.07) is 6.38. The molecule has 0 bridgehead atoms. The van der Waals surface area contributed by atoms with Gasteiger partial charge in [0.1, 0.15) is 5.82 Å². The molecule has 1 aromatic carbocycles. The van der Waals surface area contributed by atoms with E-state index in [1.807, 2.05) is 0 Å². The average molecular weight is 267 g/mol. The quantitative estimate of drug-likeness (QED) is 0.745. The van der Waals surface area contributed by atoms with Crippen LogP contribution in [0.15, 0.2) is 24.3 Å². The number of hydrogen-bond acceptors (Lipinski definition) is 2. The average Bonchev–Trinajstić information content (AvgIpc) is 2.35. The highest BCUT2D eigenvalue weighted by molar-refractivity contribution is 5.76. The van der Waals surface area contributed by atoms with E-state index in [-0.39, 0.29) is 30.5 Å². The number of carbonyl (C=O) groups excluding carboxylic acids is 1. The van der Waals surface area contributed by atoms with Crippen molar-refractivity contribution < 1.29 is 19.1 Å². The summed E-state index contributed by atoms with van der Waals surface area (Å²) < 4.78 is 13.5. The molecule has 0 fully saturated rings. The molecular weight excluding hydrogens is 249 g/mol. The molecule has 0 heterocycles. The Morgan fingerprint density at radius 3 is 2.68 bits per heavy atom. The van der Waals surface area contributed by atoms with E-state index in [0.717, 1.165) is 0 Å². The van der Waals surface area contributed by atoms with Crippen molar-refractivity contribution in [3.8, 4) is 0 Å². The van der Waals surface area contributed by atoms with Gasteiger partial charge in [-0.2, -0.15) is 0 Å². The fourth-order valence-corrected chi connectivity index (χ4v) is 1.80. The molecule has 1 unspecified atom stereocenters. The summed E-state index contributed by atoms with van der Waals surface area (Å²) >= 11 is 0. The molecule has 0 aliphatic heterocycles. The van der Waals surface area contributed by atoms with Crippen LogP contribution >= 0.6 is 0 Å². The van der Waals surface area contributed by atoms with Crippen molar-refractivity contribution in [3.05, 3.63) is 35.6 Å². The van der Waals surface area contributed by atoms with Crippen LogP contribution in [-0.2, 0) is 9.59 Å². The number of nitrogens with one attached hydrogen (secondary N) is 1. The third-order valence-corrected chi connectivity index (χ3v) is 2.82. The largest absolute Gasteiger partial charge is 0.481 e. The second-order valence-electron chi connectivity index (χ2n) is 4.47. The zero-order valence-electron chi connectivity index (χ0n) is 10.9. The molecule has 1 atom stereocenters. The SMILES string of the molecule is CC(CC(=O)NCCCC(=O)O)c1ccccc1F. The minimum atomic E-state index is -0.881. The van der Waals surface area contributed by atoms with Crippen molar-refractivity contribution in [2.24, 2.45) is 0 Å². The minimum Gasteiger partial charge on any atom is -0.481 e. The molecule has 4 nitrogen and oxygen atoms in total. The second-order valence-corrected chi connectivity index (χ2v) is 4.47. The van der Waals surface area contributed by atoms with Gasteiger partial charge in [-0.15, -0.1) is 0 Å². The van der Waals surface area contributed by atoms with Gasteiger partial charge in [-0.25, -0.2) is 4.39 Å². The van der Waals surface area contributed by atoms with Crippen molar-refractivity contribution in [1.82, 2.24) is 5.32 Å². The molecule has 0 aromatic heterocycles. The fraction of sp³-hybridized carbons (Fsp3) is 0.429. The Balaban J connectivity index is 2.36. The Morgan fingerprint density at radius 1 is 1.37 bits per heavy atom. The molecule has 104 valence electrons. The number of halogens is 1. The molecule has 0 saturated carbocycles. The molecule has 19 heavy (non-hydrogen) atoms. The molecule has 1 amide bonds. The van der Waals surface area contributed by atoms with Gasteiger partial charge < -0.3 is 10.4 Å². The van der Waals surface area contributed by atoms with Crippen LogP contribution in [0.2, 0.25) is 0 Å². The normalized spacial score (nSPS) is 11.9. The minimum absolute atomic E-state index is 0.0309. The maximum atomic E-state index is 13.5. The zero-order chi connectivity index (χ0) is 14.3. The van der Waals surface area contributed by atoms with Crippen LogP contribution in [-0.4, -0.2) is 23.5 Å². The van der Waals surface area contributed by atoms with E-state index in [9.17, 15) is 14.0 Å². The first-order valence-corrected chi connectivity index (χ1v) is 6.23. The number of carboxylic acid groups (broad SMARTS) is 1. The van der Waals surface area contributed by atoms with Crippen LogP contribution in [0.25, 0.3) is 0 Å². The zero-order valence-corrected chi connectivity index (χ0v) is 10.9. The van der Waals surface area contributed by atoms with Crippen LogP contribution in [0, 0.1) is 5.82 Å². The van der Waals surface area contributed by atoms with Gasteiger partial charge >= 0.3 is 5.97 Å². The monoisotopic (exact) mass is 267 g/mol. The maximum Gasteiger partial charge on any atom is 0.303 e. The Morgan fingerprint density at radius 2 is 2.05 bits per heavy atom. The molecule has 0 radical (unpaired) electrons. The van der Waals surface area contributed by atoms with Crippen LogP contribution in [0.1, 0.15) is 37.7 Å². The first-order chi connectivity index (χ1) is 9.00. The number of hydrogen-bond donors (Lipinski definition) is 2. The lowest BCUT2D eigenvalue weighted by atomic mass is 9.97. The van der Waals surface area contributed by atoms with Gasteiger partial charge in [0.25, 0.3) is 0 Å². The van der Waals surface area contributed by atoms with Gasteiger partial charge in [0.15, 0.2) is 0 Å². The topological polar surface area (TPSA) is 66.4 Å². The molecule has 1 rings (SSSR count). The first kappa shape index (κ1) is 15.1. The summed E-state index contributed by atoms with van der Waals surface area (Å²) in [5.41, 5.74) is 0.517. The first-order valence-electron chi connectivity index (χ1n) is 6.23. The highest BCUT2D eigenvalue weighted by Crippen LogP contribution is 2.21. The van der Waals surface area contributed by atoms with Crippen molar-refractivity contribution >= 4 is 11.9 Å². The standard InChI is InChI=1S/C14H18FNO3/c1-10(11-5-2-3-6-12(11)15)9-13(17)16-8-4-7-14(18)19/h2-3,5-6,10H,4,7-9H2,1H3,(H,16,17)(H,18,19). The second kappa shape index (κ2) is 7.51. The van der Waals surface area contributed by atoms with E-state index in [1.54, 1.807) is 25.1 Å². The van der Waals surface area contributed by atoms with Crippen LogP contribution in [0.5, 0.6) is 0 Å². The van der Waals surface area contributed by atoms with Gasteiger partial charge in [0.2, 0.25) is 5.91 Å². The van der Waals surface area contributed by atoms with Crippen LogP contribution in [0.4, 0.5) is 4.39 Å². The lowest BCUT2D eigenvalue weighted by Gasteiger charge is -2.12. The molecule has 5 heteroatoms. The molecule has 0 aliphatic rings. The van der Waals surface area contributed by atoms with E-state index in [1.165, 1.54) is 6.07 Å². The number of benzene rings is 1. The van der Waals surface area contributed by atoms with E-state index in [2.05, 4.69) is 5.32 Å². The number of carbonyl (C=O) groups is 2. The Hall–Kier alpha value is -1.91. The van der Waals surface area contributed by atoms with E-state index >= 15 is 0 Å². The van der Waals surface area contributed by atoms with Gasteiger partial charge in [0, 0.05) is 19.4 Å². The fourth-order valence-electron chi connectivity index (χ4n) is 1.80. The maximum absolute atomic E-state index is 13.5. The number of aliphatic carboxylic acids is 1. The molecule has 1 aromatic rings. The van der Waals surface area contributed by atoms with Crippen LogP contribution in [0.3, 0.4) is 0 Å². The van der Waals surface area contributed by atoms with Gasteiger partial charge in [-0.05, 0) is 24.0 Å². The predicted octanol–water partition coefficient (Wildman–Crippen LogP) is 2.30. The molecule has 0 saturated heterocycles. The predicted molar refractivity (Wildman–Crippen MR) is 69.3 cm³/mol. The molecular formula is C14H18FNO3. The van der Waals surface area contributed by atoms with Crippen molar-refractivity contribution in [2.45, 2.75) is 32.1 Å². The molecule has 2 N–H and O–H groups in total. The van der Waals surface area contributed by atoms with E-state index < -0.39 is 5.97 Å². The highest BCUT2D eigenvalue weighted by atomic mass is 19.1. The Labute approximate surface area is 111 Å². The summed E-state index contributed by atoms with van der Waals surface area (Å²) in [5.74, 6) is -1.59. The summed E-state index contributed by atoms with van der Waals surface area (Å²) in [6.45, 7) is 2.12. The van der Waals surface area contributed by atoms with Crippen LogP contribution < -0.4 is 5.32 Å². The molecule has 0 spiro atoms. The van der Waals surface area contributed by atoms with E-state index in [0.29, 0.717) is 18.5 Å². The smallest absolute Gasteiger partial charge is 0.303 e. The van der Waals surface area contributed by atoms with Crippen molar-refractivity contribution in [2.75, 3.05) is 6.54 Å². The third kappa shape index (κ3) is 5.50. The van der Waals surface area contributed by atoms with Gasteiger partial charge in [-0.3, -0.25) is 9.59 Å². The van der Waals surface area contributed by atoms with Gasteiger partial charge in [0.05, 0.1) is 0 Å². The van der Waals surface area contributed by atoms with E-state index in [4.69, 9.17) is 5.11 Å². The summed E-state index contributed by atoms with van der Waals surface area (Å²) in [7, 11) is 0. The van der Waals surface area contributed by atoms with Crippen molar-refractivity contribution in [3.63, 3.8) is 0 Å². The Bertz CT molecular complexity index is 448. The van der Waals surface area contributed by atoms with Crippen molar-refractivity contribution in [1.29, 1.82) is 0 Å². The number of carboxylic acids is 1.